The molecule has 0 aliphatic heterocycles. The lowest BCUT2D eigenvalue weighted by molar-refractivity contribution is -0.167. The van der Waals surface area contributed by atoms with Crippen molar-refractivity contribution in [1.29, 1.82) is 0 Å². The molecule has 1 atom stereocenters. The molecule has 0 aromatic carbocycles. The van der Waals surface area contributed by atoms with E-state index in [0.717, 1.165) is 103 Å². The maximum absolute atomic E-state index is 12.8. The molecule has 6 nitrogen and oxygen atoms in total. The van der Waals surface area contributed by atoms with Gasteiger partial charge in [-0.25, -0.2) is 0 Å². The molecule has 1 unspecified atom stereocenters. The molecule has 0 radical (unpaired) electrons. The summed E-state index contributed by atoms with van der Waals surface area (Å²) in [7, 11) is 0. The van der Waals surface area contributed by atoms with Gasteiger partial charge in [-0.05, 0) is 96.3 Å². The third-order valence-corrected chi connectivity index (χ3v) is 10.8. The maximum Gasteiger partial charge on any atom is 0.306 e. The minimum absolute atomic E-state index is 0.0852. The molecule has 59 heavy (non-hydrogen) atoms. The Balaban J connectivity index is 4.39. The molecule has 0 spiro atoms. The van der Waals surface area contributed by atoms with Crippen LogP contribution in [0.2, 0.25) is 0 Å². The van der Waals surface area contributed by atoms with Gasteiger partial charge < -0.3 is 14.2 Å². The normalized spacial score (nSPS) is 12.4. The second-order valence-electron chi connectivity index (χ2n) is 16.7. The standard InChI is InChI=1S/C53H94O6/c1-4-7-10-13-16-19-22-24-26-28-29-31-34-37-40-43-46-52(55)58-49-50(48-57-51(54)45-42-39-36-33-21-18-15-12-9-6-3)59-53(56)47-44-41-38-35-32-30-27-25-23-20-17-14-11-8-5-2/h12,15,19,22,25-28,50H,4-11,13-14,16-18,20-21,23-24,29-49H2,1-3H3/b15-12-,22-19-,27-25-,28-26-. The summed E-state index contributed by atoms with van der Waals surface area (Å²) in [5.74, 6) is -0.914. The molecule has 0 aliphatic carbocycles. The smallest absolute Gasteiger partial charge is 0.306 e. The van der Waals surface area contributed by atoms with Gasteiger partial charge in [0.1, 0.15) is 13.2 Å². The van der Waals surface area contributed by atoms with E-state index < -0.39 is 6.10 Å². The van der Waals surface area contributed by atoms with Crippen LogP contribution in [-0.2, 0) is 28.6 Å². The van der Waals surface area contributed by atoms with Crippen LogP contribution < -0.4 is 0 Å². The number of unbranched alkanes of at least 4 members (excludes halogenated alkanes) is 26. The van der Waals surface area contributed by atoms with Crippen LogP contribution in [0.15, 0.2) is 48.6 Å². The second-order valence-corrected chi connectivity index (χ2v) is 16.7. The highest BCUT2D eigenvalue weighted by Gasteiger charge is 2.19. The van der Waals surface area contributed by atoms with Gasteiger partial charge in [-0.1, -0.05) is 185 Å². The molecule has 342 valence electrons. The lowest BCUT2D eigenvalue weighted by Gasteiger charge is -2.18. The van der Waals surface area contributed by atoms with E-state index in [1.807, 2.05) is 0 Å². The monoisotopic (exact) mass is 827 g/mol. The Morgan fingerprint density at radius 3 is 1.03 bits per heavy atom. The minimum Gasteiger partial charge on any atom is -0.462 e. The Morgan fingerprint density at radius 2 is 0.644 bits per heavy atom. The van der Waals surface area contributed by atoms with Crippen molar-refractivity contribution >= 4 is 17.9 Å². The van der Waals surface area contributed by atoms with Crippen LogP contribution in [0, 0.1) is 0 Å². The highest BCUT2D eigenvalue weighted by molar-refractivity contribution is 5.71. The van der Waals surface area contributed by atoms with Gasteiger partial charge in [0, 0.05) is 19.3 Å². The molecule has 0 fully saturated rings. The first kappa shape index (κ1) is 56.4. The lowest BCUT2D eigenvalue weighted by atomic mass is 10.1. The summed E-state index contributed by atoms with van der Waals surface area (Å²) in [6.45, 7) is 6.53. The van der Waals surface area contributed by atoms with Crippen LogP contribution in [0.4, 0.5) is 0 Å². The van der Waals surface area contributed by atoms with Crippen LogP contribution >= 0.6 is 0 Å². The molecule has 0 amide bonds. The Morgan fingerprint density at radius 1 is 0.339 bits per heavy atom. The van der Waals surface area contributed by atoms with Crippen molar-refractivity contribution in [3.63, 3.8) is 0 Å². The third-order valence-electron chi connectivity index (χ3n) is 10.8. The van der Waals surface area contributed by atoms with Crippen LogP contribution in [0.3, 0.4) is 0 Å². The van der Waals surface area contributed by atoms with Gasteiger partial charge in [-0.2, -0.15) is 0 Å². The van der Waals surface area contributed by atoms with E-state index in [1.165, 1.54) is 109 Å². The summed E-state index contributed by atoms with van der Waals surface area (Å²) in [6.07, 6.45) is 56.6. The quantitative estimate of drug-likeness (QED) is 0.0263. The number of hydrogen-bond acceptors (Lipinski definition) is 6. The van der Waals surface area contributed by atoms with Crippen molar-refractivity contribution in [3.05, 3.63) is 48.6 Å². The van der Waals surface area contributed by atoms with E-state index in [0.29, 0.717) is 19.3 Å². The first-order chi connectivity index (χ1) is 29.0. The molecule has 0 saturated heterocycles. The van der Waals surface area contributed by atoms with Crippen molar-refractivity contribution in [2.45, 2.75) is 258 Å². The molecule has 6 heteroatoms. The molecule has 0 aliphatic rings. The Labute approximate surface area is 365 Å². The number of carbonyl (C=O) groups excluding carboxylic acids is 3. The SMILES string of the molecule is CCC/C=C\CCCCCCCC(=O)OCC(COC(=O)CCCCCCC/C=C\C/C=C\CCCCCC)OC(=O)CCCCCCC/C=C\CCCCCCCC. The number of ether oxygens (including phenoxy) is 3. The number of carbonyl (C=O) groups is 3. The first-order valence-electron chi connectivity index (χ1n) is 25.1. The third kappa shape index (κ3) is 46.3. The van der Waals surface area contributed by atoms with Crippen molar-refractivity contribution in [2.75, 3.05) is 13.2 Å². The summed E-state index contributed by atoms with van der Waals surface area (Å²) in [4.78, 5) is 37.9. The van der Waals surface area contributed by atoms with Crippen molar-refractivity contribution in [1.82, 2.24) is 0 Å². The highest BCUT2D eigenvalue weighted by Crippen LogP contribution is 2.14. The van der Waals surface area contributed by atoms with Crippen LogP contribution in [0.5, 0.6) is 0 Å². The Bertz CT molecular complexity index is 1040. The molecule has 0 rings (SSSR count). The topological polar surface area (TPSA) is 78.9 Å². The van der Waals surface area contributed by atoms with Gasteiger partial charge in [0.2, 0.25) is 0 Å². The molecule has 0 aromatic heterocycles. The first-order valence-corrected chi connectivity index (χ1v) is 25.1. The zero-order chi connectivity index (χ0) is 43.0. The van der Waals surface area contributed by atoms with Crippen molar-refractivity contribution in [3.8, 4) is 0 Å². The van der Waals surface area contributed by atoms with Crippen molar-refractivity contribution < 1.29 is 28.6 Å². The molecule has 0 heterocycles. The van der Waals surface area contributed by atoms with Gasteiger partial charge in [-0.3, -0.25) is 14.4 Å². The molecular formula is C53H94O6. The summed E-state index contributed by atoms with van der Waals surface area (Å²) < 4.78 is 16.7. The zero-order valence-corrected chi connectivity index (χ0v) is 39.0. The van der Waals surface area contributed by atoms with Gasteiger partial charge >= 0.3 is 17.9 Å². The Hall–Kier alpha value is -2.63. The maximum atomic E-state index is 12.8. The van der Waals surface area contributed by atoms with Gasteiger partial charge in [0.15, 0.2) is 6.10 Å². The average Bonchev–Trinajstić information content (AvgIpc) is 3.23. The fraction of sp³-hybridized carbons (Fsp3) is 0.792. The van der Waals surface area contributed by atoms with Gasteiger partial charge in [-0.15, -0.1) is 0 Å². The largest absolute Gasteiger partial charge is 0.462 e. The van der Waals surface area contributed by atoms with E-state index in [9.17, 15) is 14.4 Å². The molecule has 0 bridgehead atoms. The molecule has 0 saturated carbocycles. The van der Waals surface area contributed by atoms with E-state index in [1.54, 1.807) is 0 Å². The van der Waals surface area contributed by atoms with E-state index in [4.69, 9.17) is 14.2 Å². The van der Waals surface area contributed by atoms with Crippen LogP contribution in [0.1, 0.15) is 252 Å². The fourth-order valence-electron chi connectivity index (χ4n) is 6.94. The van der Waals surface area contributed by atoms with Crippen LogP contribution in [-0.4, -0.2) is 37.2 Å². The van der Waals surface area contributed by atoms with E-state index >= 15 is 0 Å². The summed E-state index contributed by atoms with van der Waals surface area (Å²) >= 11 is 0. The summed E-state index contributed by atoms with van der Waals surface area (Å²) in [5, 5.41) is 0. The van der Waals surface area contributed by atoms with Gasteiger partial charge in [0.25, 0.3) is 0 Å². The zero-order valence-electron chi connectivity index (χ0n) is 39.0. The molecule has 0 aromatic rings. The van der Waals surface area contributed by atoms with Crippen LogP contribution in [0.25, 0.3) is 0 Å². The summed E-state index contributed by atoms with van der Waals surface area (Å²) in [6, 6.07) is 0. The number of allylic oxidation sites excluding steroid dienone is 8. The predicted molar refractivity (Wildman–Crippen MR) is 252 cm³/mol. The summed E-state index contributed by atoms with van der Waals surface area (Å²) in [5.41, 5.74) is 0. The second kappa shape index (κ2) is 48.0. The average molecular weight is 827 g/mol. The van der Waals surface area contributed by atoms with Gasteiger partial charge in [0.05, 0.1) is 0 Å². The highest BCUT2D eigenvalue weighted by atomic mass is 16.6. The van der Waals surface area contributed by atoms with E-state index in [-0.39, 0.29) is 31.1 Å². The number of rotatable bonds is 45. The Kier molecular flexibility index (Phi) is 45.9. The lowest BCUT2D eigenvalue weighted by Crippen LogP contribution is -2.30. The molecule has 0 N–H and O–H groups in total. The number of hydrogen-bond donors (Lipinski definition) is 0. The molecular weight excluding hydrogens is 733 g/mol. The minimum atomic E-state index is -0.784. The predicted octanol–water partition coefficient (Wildman–Crippen LogP) is 16.3. The fourth-order valence-corrected chi connectivity index (χ4v) is 6.94. The van der Waals surface area contributed by atoms with E-state index in [2.05, 4.69) is 69.4 Å². The number of esters is 3. The van der Waals surface area contributed by atoms with Crippen molar-refractivity contribution in [2.24, 2.45) is 0 Å².